The highest BCUT2D eigenvalue weighted by Gasteiger charge is 2.10. The van der Waals surface area contributed by atoms with Crippen LogP contribution in [0.4, 0.5) is 0 Å². The Bertz CT molecular complexity index is 1130. The fourth-order valence-electron chi connectivity index (χ4n) is 3.28. The average molecular weight is 391 g/mol. The highest BCUT2D eigenvalue weighted by molar-refractivity contribution is 7.80. The Balaban J connectivity index is 1.60. The van der Waals surface area contributed by atoms with E-state index in [0.29, 0.717) is 18.8 Å². The van der Waals surface area contributed by atoms with Crippen LogP contribution in [0, 0.1) is 0 Å². The van der Waals surface area contributed by atoms with Crippen molar-refractivity contribution >= 4 is 32.8 Å². The van der Waals surface area contributed by atoms with Crippen LogP contribution in [0.25, 0.3) is 32.9 Å². The Morgan fingerprint density at radius 3 is 2.29 bits per heavy atom. The molecule has 1 heterocycles. The Kier molecular flexibility index (Phi) is 5.65. The van der Waals surface area contributed by atoms with Crippen molar-refractivity contribution in [2.45, 2.75) is 6.42 Å². The first kappa shape index (κ1) is 18.6. The van der Waals surface area contributed by atoms with E-state index in [9.17, 15) is 4.21 Å². The summed E-state index contributed by atoms with van der Waals surface area (Å²) >= 11 is -1.23. The fourth-order valence-corrected chi connectivity index (χ4v) is 3.80. The molecular formula is C23H21NO3S. The summed E-state index contributed by atoms with van der Waals surface area (Å²) in [5.41, 5.74) is 3.01. The van der Waals surface area contributed by atoms with Gasteiger partial charge in [-0.1, -0.05) is 42.5 Å². The van der Waals surface area contributed by atoms with Crippen LogP contribution < -0.4 is 4.74 Å². The number of fused-ring (bicyclic) bond motifs is 3. The lowest BCUT2D eigenvalue weighted by atomic mass is 10.00. The molecule has 0 amide bonds. The predicted octanol–water partition coefficient (Wildman–Crippen LogP) is 5.13. The number of benzene rings is 3. The molecular weight excluding hydrogens is 370 g/mol. The smallest absolute Gasteiger partial charge is 0.155 e. The van der Waals surface area contributed by atoms with Gasteiger partial charge in [0.2, 0.25) is 0 Å². The summed E-state index contributed by atoms with van der Waals surface area (Å²) < 4.78 is 21.7. The van der Waals surface area contributed by atoms with E-state index in [1.165, 1.54) is 12.5 Å². The van der Waals surface area contributed by atoms with Crippen molar-refractivity contribution in [1.29, 1.82) is 0 Å². The van der Waals surface area contributed by atoms with Gasteiger partial charge in [-0.2, -0.15) is 0 Å². The minimum atomic E-state index is -1.23. The number of para-hydroxylation sites is 1. The van der Waals surface area contributed by atoms with Crippen molar-refractivity contribution in [3.63, 3.8) is 0 Å². The van der Waals surface area contributed by atoms with Crippen LogP contribution in [0.3, 0.4) is 0 Å². The quantitative estimate of drug-likeness (QED) is 0.323. The third kappa shape index (κ3) is 3.91. The fraction of sp³-hybridized carbons (Fsp3) is 0.174. The summed E-state index contributed by atoms with van der Waals surface area (Å²) in [6.07, 6.45) is 0.680. The Morgan fingerprint density at radius 1 is 0.857 bits per heavy atom. The van der Waals surface area contributed by atoms with Gasteiger partial charge in [0.25, 0.3) is 0 Å². The van der Waals surface area contributed by atoms with Gasteiger partial charge in [-0.05, 0) is 42.1 Å². The Morgan fingerprint density at radius 2 is 1.54 bits per heavy atom. The molecule has 4 nitrogen and oxygen atoms in total. The summed E-state index contributed by atoms with van der Waals surface area (Å²) in [5, 5.41) is 3.50. The number of ether oxygens (including phenoxy) is 1. The van der Waals surface area contributed by atoms with E-state index < -0.39 is 11.1 Å². The molecule has 0 fully saturated rings. The molecule has 0 N–H and O–H groups in total. The number of hydrogen-bond acceptors (Lipinski definition) is 4. The van der Waals surface area contributed by atoms with Crippen molar-refractivity contribution in [3.8, 4) is 17.0 Å². The van der Waals surface area contributed by atoms with E-state index in [-0.39, 0.29) is 0 Å². The molecule has 4 rings (SSSR count). The van der Waals surface area contributed by atoms with Gasteiger partial charge in [0.05, 0.1) is 30.7 Å². The summed E-state index contributed by atoms with van der Waals surface area (Å²) in [7, 11) is 1.44. The highest BCUT2D eigenvalue weighted by Crippen LogP contribution is 2.32. The average Bonchev–Trinajstić information content (AvgIpc) is 2.76. The molecule has 0 aliphatic rings. The number of nitrogens with zero attached hydrogens (tertiary/aromatic N) is 1. The highest BCUT2D eigenvalue weighted by atomic mass is 32.2. The first-order chi connectivity index (χ1) is 13.8. The molecule has 0 radical (unpaired) electrons. The van der Waals surface area contributed by atoms with E-state index >= 15 is 0 Å². The van der Waals surface area contributed by atoms with Crippen LogP contribution >= 0.6 is 0 Å². The monoisotopic (exact) mass is 391 g/mol. The molecule has 1 aromatic heterocycles. The molecule has 0 bridgehead atoms. The number of aromatic nitrogens is 1. The zero-order valence-electron chi connectivity index (χ0n) is 15.6. The van der Waals surface area contributed by atoms with Crippen LogP contribution in [0.1, 0.15) is 6.42 Å². The van der Waals surface area contributed by atoms with E-state index in [4.69, 9.17) is 13.9 Å². The maximum Gasteiger partial charge on any atom is 0.155 e. The van der Waals surface area contributed by atoms with Crippen LogP contribution in [0.2, 0.25) is 0 Å². The summed E-state index contributed by atoms with van der Waals surface area (Å²) in [5.74, 6) is 1.26. The van der Waals surface area contributed by atoms with Crippen molar-refractivity contribution in [3.05, 3.63) is 72.8 Å². The van der Waals surface area contributed by atoms with Gasteiger partial charge < -0.3 is 4.74 Å². The third-order valence-electron chi connectivity index (χ3n) is 4.65. The standard InChI is InChI=1S/C23H21NO3S/c1-26-28(25)16-6-15-27-18-13-11-17(12-14-18)23-21-9-3-2-7-19(21)20-8-4-5-10-22(20)24-23/h2-5,7-14H,6,15-16H2,1H3. The van der Waals surface area contributed by atoms with Gasteiger partial charge in [-0.15, -0.1) is 0 Å². The van der Waals surface area contributed by atoms with Crippen LogP contribution in [-0.2, 0) is 15.3 Å². The molecule has 1 unspecified atom stereocenters. The first-order valence-electron chi connectivity index (χ1n) is 9.20. The van der Waals surface area contributed by atoms with Gasteiger partial charge in [0.1, 0.15) is 5.75 Å². The molecule has 1 atom stereocenters. The zero-order chi connectivity index (χ0) is 19.3. The lowest BCUT2D eigenvalue weighted by Gasteiger charge is -2.11. The maximum atomic E-state index is 11.3. The molecule has 3 aromatic carbocycles. The second-order valence-corrected chi connectivity index (χ2v) is 7.77. The molecule has 0 saturated carbocycles. The molecule has 0 saturated heterocycles. The van der Waals surface area contributed by atoms with Crippen LogP contribution in [0.15, 0.2) is 72.8 Å². The largest absolute Gasteiger partial charge is 0.494 e. The van der Waals surface area contributed by atoms with E-state index in [1.54, 1.807) is 0 Å². The first-order valence-corrected chi connectivity index (χ1v) is 10.4. The molecule has 142 valence electrons. The van der Waals surface area contributed by atoms with Crippen molar-refractivity contribution < 1.29 is 13.1 Å². The predicted molar refractivity (Wildman–Crippen MR) is 115 cm³/mol. The zero-order valence-corrected chi connectivity index (χ0v) is 16.4. The van der Waals surface area contributed by atoms with Crippen molar-refractivity contribution in [2.75, 3.05) is 19.5 Å². The minimum Gasteiger partial charge on any atom is -0.494 e. The van der Waals surface area contributed by atoms with E-state index in [2.05, 4.69) is 24.3 Å². The molecule has 0 spiro atoms. The SMILES string of the molecule is COS(=O)CCCOc1ccc(-c2nc3ccccc3c3ccccc23)cc1. The molecule has 5 heteroatoms. The number of rotatable bonds is 7. The number of pyridine rings is 1. The lowest BCUT2D eigenvalue weighted by molar-refractivity contribution is 0.316. The van der Waals surface area contributed by atoms with Crippen LogP contribution in [-0.4, -0.2) is 28.7 Å². The second-order valence-electron chi connectivity index (χ2n) is 6.42. The molecule has 0 aliphatic heterocycles. The van der Waals surface area contributed by atoms with E-state index in [1.807, 2.05) is 48.5 Å². The van der Waals surface area contributed by atoms with Gasteiger partial charge in [0.15, 0.2) is 11.1 Å². The minimum absolute atomic E-state index is 0.474. The number of hydrogen-bond donors (Lipinski definition) is 0. The molecule has 28 heavy (non-hydrogen) atoms. The summed E-state index contributed by atoms with van der Waals surface area (Å²) in [4.78, 5) is 4.92. The van der Waals surface area contributed by atoms with Gasteiger partial charge in [-0.3, -0.25) is 4.18 Å². The second kappa shape index (κ2) is 8.50. The van der Waals surface area contributed by atoms with Crippen molar-refractivity contribution in [2.24, 2.45) is 0 Å². The maximum absolute atomic E-state index is 11.3. The van der Waals surface area contributed by atoms with Gasteiger partial charge in [0, 0.05) is 16.3 Å². The van der Waals surface area contributed by atoms with Crippen LogP contribution in [0.5, 0.6) is 5.75 Å². The van der Waals surface area contributed by atoms with Crippen molar-refractivity contribution in [1.82, 2.24) is 4.98 Å². The normalized spacial score (nSPS) is 12.3. The lowest BCUT2D eigenvalue weighted by Crippen LogP contribution is -2.05. The molecule has 4 aromatic rings. The summed E-state index contributed by atoms with van der Waals surface area (Å²) in [6.45, 7) is 0.506. The molecule has 0 aliphatic carbocycles. The Hall–Kier alpha value is -2.76. The van der Waals surface area contributed by atoms with Gasteiger partial charge >= 0.3 is 0 Å². The third-order valence-corrected chi connectivity index (χ3v) is 5.64. The summed E-state index contributed by atoms with van der Waals surface area (Å²) in [6, 6.07) is 24.6. The Labute approximate surface area is 166 Å². The van der Waals surface area contributed by atoms with Gasteiger partial charge in [-0.25, -0.2) is 9.19 Å². The topological polar surface area (TPSA) is 48.4 Å². The van der Waals surface area contributed by atoms with E-state index in [0.717, 1.165) is 33.3 Å².